The fraction of sp³-hybridized carbons (Fsp3) is 0.182. The minimum atomic E-state index is -0.0266. The van der Waals surface area contributed by atoms with Gasteiger partial charge in [0.15, 0.2) is 11.3 Å². The molecule has 0 saturated heterocycles. The van der Waals surface area contributed by atoms with Crippen LogP contribution in [0, 0.1) is 0 Å². The van der Waals surface area contributed by atoms with Gasteiger partial charge in [-0.3, -0.25) is 4.79 Å². The molecule has 15 heavy (non-hydrogen) atoms. The number of fused-ring (bicyclic) bond motifs is 1. The van der Waals surface area contributed by atoms with Crippen LogP contribution < -0.4 is 10.3 Å². The summed E-state index contributed by atoms with van der Waals surface area (Å²) in [6, 6.07) is 6.90. The minimum Gasteiger partial charge on any atom is -0.440 e. The van der Waals surface area contributed by atoms with Gasteiger partial charge in [0.05, 0.1) is 5.39 Å². The minimum absolute atomic E-state index is 0.0266. The largest absolute Gasteiger partial charge is 0.440 e. The molecule has 0 aliphatic heterocycles. The van der Waals surface area contributed by atoms with Crippen LogP contribution in [0.15, 0.2) is 37.9 Å². The van der Waals surface area contributed by atoms with Gasteiger partial charge in [0.1, 0.15) is 5.58 Å². The fourth-order valence-corrected chi connectivity index (χ4v) is 1.70. The Kier molecular flexibility index (Phi) is 2.52. The van der Waals surface area contributed by atoms with Crippen molar-refractivity contribution in [3.63, 3.8) is 0 Å². The molecule has 0 spiro atoms. The summed E-state index contributed by atoms with van der Waals surface area (Å²) < 4.78 is 6.44. The average molecular weight is 268 g/mol. The molecule has 0 saturated carbocycles. The SMILES string of the molecule is CN(C)c1cc(=O)c2cc(Br)ccc2o1. The summed E-state index contributed by atoms with van der Waals surface area (Å²) in [5.41, 5.74) is 0.579. The van der Waals surface area contributed by atoms with E-state index >= 15 is 0 Å². The first-order valence-electron chi connectivity index (χ1n) is 4.48. The summed E-state index contributed by atoms with van der Waals surface area (Å²) in [7, 11) is 3.67. The van der Waals surface area contributed by atoms with Gasteiger partial charge in [-0.1, -0.05) is 15.9 Å². The molecule has 0 bridgehead atoms. The summed E-state index contributed by atoms with van der Waals surface area (Å²) in [5, 5.41) is 0.593. The zero-order valence-electron chi connectivity index (χ0n) is 8.45. The monoisotopic (exact) mass is 267 g/mol. The highest BCUT2D eigenvalue weighted by Crippen LogP contribution is 2.20. The van der Waals surface area contributed by atoms with Crippen molar-refractivity contribution in [3.05, 3.63) is 39.0 Å². The van der Waals surface area contributed by atoms with E-state index in [0.29, 0.717) is 16.9 Å². The molecule has 3 nitrogen and oxygen atoms in total. The molecule has 78 valence electrons. The molecule has 0 unspecified atom stereocenters. The van der Waals surface area contributed by atoms with Crippen LogP contribution in [0.4, 0.5) is 5.88 Å². The van der Waals surface area contributed by atoms with E-state index in [1.54, 1.807) is 17.0 Å². The van der Waals surface area contributed by atoms with Crippen molar-refractivity contribution in [3.8, 4) is 0 Å². The number of benzene rings is 1. The van der Waals surface area contributed by atoms with Crippen molar-refractivity contribution >= 4 is 32.8 Å². The molecule has 0 fully saturated rings. The molecule has 2 aromatic rings. The highest BCUT2D eigenvalue weighted by Gasteiger charge is 2.05. The molecule has 0 atom stereocenters. The fourth-order valence-electron chi connectivity index (χ4n) is 1.34. The van der Waals surface area contributed by atoms with Crippen molar-refractivity contribution < 1.29 is 4.42 Å². The number of anilines is 1. The van der Waals surface area contributed by atoms with Crippen LogP contribution in [0.5, 0.6) is 0 Å². The number of nitrogens with zero attached hydrogens (tertiary/aromatic N) is 1. The Morgan fingerprint density at radius 1 is 1.27 bits per heavy atom. The number of rotatable bonds is 1. The maximum atomic E-state index is 11.7. The highest BCUT2D eigenvalue weighted by atomic mass is 79.9. The normalized spacial score (nSPS) is 10.6. The van der Waals surface area contributed by atoms with E-state index in [4.69, 9.17) is 4.42 Å². The molecule has 0 aliphatic carbocycles. The zero-order valence-corrected chi connectivity index (χ0v) is 10.0. The Labute approximate surface area is 95.4 Å². The van der Waals surface area contributed by atoms with E-state index in [1.165, 1.54) is 6.07 Å². The molecular weight excluding hydrogens is 258 g/mol. The Hall–Kier alpha value is -1.29. The third-order valence-electron chi connectivity index (χ3n) is 2.12. The van der Waals surface area contributed by atoms with E-state index in [9.17, 15) is 4.79 Å². The van der Waals surface area contributed by atoms with Gasteiger partial charge < -0.3 is 9.32 Å². The van der Waals surface area contributed by atoms with Crippen molar-refractivity contribution in [1.82, 2.24) is 0 Å². The van der Waals surface area contributed by atoms with Gasteiger partial charge >= 0.3 is 0 Å². The van der Waals surface area contributed by atoms with Crippen molar-refractivity contribution in [2.75, 3.05) is 19.0 Å². The predicted molar refractivity (Wildman–Crippen MR) is 64.5 cm³/mol. The van der Waals surface area contributed by atoms with Gasteiger partial charge in [0.25, 0.3) is 0 Å². The summed E-state index contributed by atoms with van der Waals surface area (Å²) in [6.07, 6.45) is 0. The molecule has 1 aromatic heterocycles. The Bertz CT molecular complexity index is 560. The maximum absolute atomic E-state index is 11.7. The Morgan fingerprint density at radius 2 is 2.00 bits per heavy atom. The maximum Gasteiger partial charge on any atom is 0.199 e. The molecular formula is C11H10BrNO2. The van der Waals surface area contributed by atoms with Gasteiger partial charge in [-0.05, 0) is 18.2 Å². The summed E-state index contributed by atoms with van der Waals surface area (Å²) in [6.45, 7) is 0. The second kappa shape index (κ2) is 3.70. The first kappa shape index (κ1) is 10.2. The first-order chi connectivity index (χ1) is 7.08. The molecule has 2 rings (SSSR count). The zero-order chi connectivity index (χ0) is 11.0. The lowest BCUT2D eigenvalue weighted by molar-refractivity contribution is 0.597. The number of halogens is 1. The van der Waals surface area contributed by atoms with Crippen LogP contribution in [0.3, 0.4) is 0 Å². The van der Waals surface area contributed by atoms with E-state index in [2.05, 4.69) is 15.9 Å². The van der Waals surface area contributed by atoms with Crippen LogP contribution in [0.25, 0.3) is 11.0 Å². The second-order valence-corrected chi connectivity index (χ2v) is 4.40. The molecule has 1 heterocycles. The Morgan fingerprint density at radius 3 is 2.67 bits per heavy atom. The lowest BCUT2D eigenvalue weighted by atomic mass is 10.2. The summed E-state index contributed by atoms with van der Waals surface area (Å²) >= 11 is 3.32. The lowest BCUT2D eigenvalue weighted by Gasteiger charge is -2.10. The smallest absolute Gasteiger partial charge is 0.199 e. The van der Waals surface area contributed by atoms with Crippen LogP contribution in [-0.4, -0.2) is 14.1 Å². The van der Waals surface area contributed by atoms with Crippen molar-refractivity contribution in [2.45, 2.75) is 0 Å². The van der Waals surface area contributed by atoms with Crippen LogP contribution >= 0.6 is 15.9 Å². The van der Waals surface area contributed by atoms with E-state index < -0.39 is 0 Å². The lowest BCUT2D eigenvalue weighted by Crippen LogP contribution is -2.12. The second-order valence-electron chi connectivity index (χ2n) is 3.48. The van der Waals surface area contributed by atoms with E-state index in [-0.39, 0.29) is 5.43 Å². The van der Waals surface area contributed by atoms with E-state index in [0.717, 1.165) is 4.47 Å². The summed E-state index contributed by atoms with van der Waals surface area (Å²) in [5.74, 6) is 0.565. The third-order valence-corrected chi connectivity index (χ3v) is 2.61. The van der Waals surface area contributed by atoms with E-state index in [1.807, 2.05) is 20.2 Å². The molecule has 0 amide bonds. The summed E-state index contributed by atoms with van der Waals surface area (Å²) in [4.78, 5) is 13.5. The quantitative estimate of drug-likeness (QED) is 0.797. The Balaban J connectivity index is 2.79. The average Bonchev–Trinajstić information content (AvgIpc) is 2.18. The van der Waals surface area contributed by atoms with Gasteiger partial charge in [0, 0.05) is 24.6 Å². The van der Waals surface area contributed by atoms with Crippen LogP contribution in [0.1, 0.15) is 0 Å². The first-order valence-corrected chi connectivity index (χ1v) is 5.28. The molecule has 0 N–H and O–H groups in total. The van der Waals surface area contributed by atoms with Crippen LogP contribution in [-0.2, 0) is 0 Å². The number of hydrogen-bond donors (Lipinski definition) is 0. The number of hydrogen-bond acceptors (Lipinski definition) is 3. The van der Waals surface area contributed by atoms with Gasteiger partial charge in [-0.25, -0.2) is 0 Å². The van der Waals surface area contributed by atoms with Gasteiger partial charge in [-0.2, -0.15) is 0 Å². The van der Waals surface area contributed by atoms with Crippen LogP contribution in [0.2, 0.25) is 0 Å². The molecule has 1 aromatic carbocycles. The molecule has 0 radical (unpaired) electrons. The van der Waals surface area contributed by atoms with Gasteiger partial charge in [-0.15, -0.1) is 0 Å². The molecule has 4 heteroatoms. The highest BCUT2D eigenvalue weighted by molar-refractivity contribution is 9.10. The topological polar surface area (TPSA) is 33.5 Å². The third kappa shape index (κ3) is 1.90. The van der Waals surface area contributed by atoms with Crippen molar-refractivity contribution in [1.29, 1.82) is 0 Å². The predicted octanol–water partition coefficient (Wildman–Crippen LogP) is 2.62. The van der Waals surface area contributed by atoms with Gasteiger partial charge in [0.2, 0.25) is 0 Å². The van der Waals surface area contributed by atoms with Crippen molar-refractivity contribution in [2.24, 2.45) is 0 Å². The standard InChI is InChI=1S/C11H10BrNO2/c1-13(2)11-6-9(14)8-5-7(12)3-4-10(8)15-11/h3-6H,1-2H3. The molecule has 0 aliphatic rings.